The molecule has 2 heterocycles. The molecule has 6 heteroatoms. The molecule has 1 aromatic heterocycles. The molecule has 0 saturated heterocycles. The van der Waals surface area contributed by atoms with Crippen LogP contribution in [-0.2, 0) is 0 Å². The van der Waals surface area contributed by atoms with E-state index in [0.29, 0.717) is 18.8 Å². The molecule has 1 aliphatic rings. The monoisotopic (exact) mass is 362 g/mol. The van der Waals surface area contributed by atoms with Gasteiger partial charge in [-0.05, 0) is 30.2 Å². The summed E-state index contributed by atoms with van der Waals surface area (Å²) in [6.07, 6.45) is 3.92. The van der Waals surface area contributed by atoms with E-state index in [4.69, 9.17) is 4.74 Å². The average Bonchev–Trinajstić information content (AvgIpc) is 2.52. The Hall–Kier alpha value is -2.08. The van der Waals surface area contributed by atoms with Crippen molar-refractivity contribution in [1.29, 1.82) is 0 Å². The Bertz CT molecular complexity index is 706. The average molecular weight is 363 g/mol. The van der Waals surface area contributed by atoms with Gasteiger partial charge in [0.2, 0.25) is 0 Å². The van der Waals surface area contributed by atoms with Crippen LogP contribution in [0.4, 0.5) is 5.69 Å². The van der Waals surface area contributed by atoms with Crippen molar-refractivity contribution >= 4 is 27.6 Å². The first kappa shape index (κ1) is 14.8. The van der Waals surface area contributed by atoms with Crippen molar-refractivity contribution in [2.24, 2.45) is 0 Å². The molecule has 5 nitrogen and oxygen atoms in total. The van der Waals surface area contributed by atoms with Crippen LogP contribution in [0.1, 0.15) is 28.3 Å². The number of nitrogens with zero attached hydrogens (tertiary/aromatic N) is 1. The van der Waals surface area contributed by atoms with Crippen molar-refractivity contribution in [1.82, 2.24) is 4.98 Å². The van der Waals surface area contributed by atoms with E-state index in [2.05, 4.69) is 26.2 Å². The van der Waals surface area contributed by atoms with Crippen LogP contribution < -0.4 is 10.1 Å². The van der Waals surface area contributed by atoms with Crippen LogP contribution in [0, 0.1) is 0 Å². The summed E-state index contributed by atoms with van der Waals surface area (Å²) in [6, 6.07) is 7.51. The number of benzene rings is 1. The number of nitrogens with one attached hydrogen (secondary N) is 1. The number of fused-ring (bicyclic) bond motifs is 1. The Morgan fingerprint density at radius 2 is 2.32 bits per heavy atom. The summed E-state index contributed by atoms with van der Waals surface area (Å²) < 4.78 is 6.67. The van der Waals surface area contributed by atoms with E-state index in [0.717, 1.165) is 22.2 Å². The Kier molecular flexibility index (Phi) is 4.29. The predicted octanol–water partition coefficient (Wildman–Crippen LogP) is 3.52. The predicted molar refractivity (Wildman–Crippen MR) is 86.7 cm³/mol. The highest BCUT2D eigenvalue weighted by atomic mass is 79.9. The largest absolute Gasteiger partial charge is 0.493 e. The second kappa shape index (κ2) is 6.36. The smallest absolute Gasteiger partial charge is 0.337 e. The Balaban J connectivity index is 1.77. The molecule has 1 aliphatic heterocycles. The third kappa shape index (κ3) is 3.06. The summed E-state index contributed by atoms with van der Waals surface area (Å²) in [4.78, 5) is 15.2. The standard InChI is InChI=1S/C16H15BrN2O3/c17-11-1-2-12-10(4-6-22-15(12)7-11)8-19-14-9-18-5-3-13(14)16(20)21/h1-3,5,7,9-10,19H,4,6,8H2,(H,20,21). The van der Waals surface area contributed by atoms with Gasteiger partial charge >= 0.3 is 5.97 Å². The molecule has 114 valence electrons. The molecule has 0 aliphatic carbocycles. The van der Waals surface area contributed by atoms with E-state index in [1.54, 1.807) is 6.20 Å². The molecule has 22 heavy (non-hydrogen) atoms. The van der Waals surface area contributed by atoms with Crippen LogP contribution >= 0.6 is 15.9 Å². The van der Waals surface area contributed by atoms with Crippen LogP contribution in [0.2, 0.25) is 0 Å². The SMILES string of the molecule is O=C(O)c1ccncc1NCC1CCOc2cc(Br)ccc21. The van der Waals surface area contributed by atoms with E-state index in [1.165, 1.54) is 12.3 Å². The lowest BCUT2D eigenvalue weighted by Crippen LogP contribution is -2.21. The number of carbonyl (C=O) groups is 1. The van der Waals surface area contributed by atoms with E-state index < -0.39 is 5.97 Å². The lowest BCUT2D eigenvalue weighted by molar-refractivity contribution is 0.0697. The van der Waals surface area contributed by atoms with Crippen molar-refractivity contribution in [3.63, 3.8) is 0 Å². The highest BCUT2D eigenvalue weighted by molar-refractivity contribution is 9.10. The van der Waals surface area contributed by atoms with Crippen molar-refractivity contribution < 1.29 is 14.6 Å². The molecule has 2 N–H and O–H groups in total. The van der Waals surface area contributed by atoms with Gasteiger partial charge in [-0.25, -0.2) is 4.79 Å². The maximum atomic E-state index is 11.2. The summed E-state index contributed by atoms with van der Waals surface area (Å²) in [5.41, 5.74) is 1.92. The maximum Gasteiger partial charge on any atom is 0.337 e. The van der Waals surface area contributed by atoms with Crippen molar-refractivity contribution in [3.8, 4) is 5.75 Å². The van der Waals surface area contributed by atoms with Gasteiger partial charge in [-0.3, -0.25) is 4.98 Å². The zero-order valence-corrected chi connectivity index (χ0v) is 13.3. The number of ether oxygens (including phenoxy) is 1. The molecular formula is C16H15BrN2O3. The zero-order valence-electron chi connectivity index (χ0n) is 11.8. The van der Waals surface area contributed by atoms with Gasteiger partial charge in [0.25, 0.3) is 0 Å². The molecule has 0 fully saturated rings. The normalized spacial score (nSPS) is 16.5. The summed E-state index contributed by atoms with van der Waals surface area (Å²) in [5, 5.41) is 12.4. The third-order valence-corrected chi connectivity index (χ3v) is 4.22. The lowest BCUT2D eigenvalue weighted by Gasteiger charge is -2.26. The number of aromatic carboxylic acids is 1. The topological polar surface area (TPSA) is 71.5 Å². The van der Waals surface area contributed by atoms with Gasteiger partial charge in [0.05, 0.1) is 24.1 Å². The van der Waals surface area contributed by atoms with E-state index in [-0.39, 0.29) is 11.5 Å². The summed E-state index contributed by atoms with van der Waals surface area (Å²) in [7, 11) is 0. The van der Waals surface area contributed by atoms with Gasteiger partial charge in [0, 0.05) is 23.1 Å². The van der Waals surface area contributed by atoms with E-state index in [9.17, 15) is 9.90 Å². The van der Waals surface area contributed by atoms with Gasteiger partial charge in [-0.2, -0.15) is 0 Å². The maximum absolute atomic E-state index is 11.2. The van der Waals surface area contributed by atoms with Crippen LogP contribution in [-0.4, -0.2) is 29.2 Å². The first-order valence-electron chi connectivity index (χ1n) is 6.98. The summed E-state index contributed by atoms with van der Waals surface area (Å²) >= 11 is 3.44. The first-order chi connectivity index (χ1) is 10.6. The molecule has 3 rings (SSSR count). The number of pyridine rings is 1. The highest BCUT2D eigenvalue weighted by Gasteiger charge is 2.22. The van der Waals surface area contributed by atoms with Gasteiger partial charge < -0.3 is 15.2 Å². The third-order valence-electron chi connectivity index (χ3n) is 3.73. The number of aromatic nitrogens is 1. The van der Waals surface area contributed by atoms with Gasteiger partial charge in [-0.15, -0.1) is 0 Å². The number of halogens is 1. The van der Waals surface area contributed by atoms with Crippen LogP contribution in [0.25, 0.3) is 0 Å². The minimum atomic E-state index is -0.957. The van der Waals surface area contributed by atoms with E-state index >= 15 is 0 Å². The first-order valence-corrected chi connectivity index (χ1v) is 7.78. The molecule has 0 spiro atoms. The zero-order chi connectivity index (χ0) is 15.5. The van der Waals surface area contributed by atoms with Crippen molar-refractivity contribution in [2.45, 2.75) is 12.3 Å². The summed E-state index contributed by atoms with van der Waals surface area (Å²) in [5.74, 6) is 0.206. The van der Waals surface area contributed by atoms with Crippen LogP contribution in [0.5, 0.6) is 5.75 Å². The van der Waals surface area contributed by atoms with Crippen molar-refractivity contribution in [3.05, 3.63) is 52.3 Å². The Labute approximate surface area is 136 Å². The summed E-state index contributed by atoms with van der Waals surface area (Å²) in [6.45, 7) is 1.30. The lowest BCUT2D eigenvalue weighted by atomic mass is 9.93. The second-order valence-corrected chi connectivity index (χ2v) is 6.04. The number of rotatable bonds is 4. The molecule has 0 saturated carbocycles. The molecule has 0 radical (unpaired) electrons. The molecule has 1 atom stereocenters. The fourth-order valence-corrected chi connectivity index (χ4v) is 2.94. The van der Waals surface area contributed by atoms with Crippen LogP contribution in [0.3, 0.4) is 0 Å². The molecule has 0 bridgehead atoms. The number of carboxylic acid groups (broad SMARTS) is 1. The van der Waals surface area contributed by atoms with Crippen LogP contribution in [0.15, 0.2) is 41.1 Å². The highest BCUT2D eigenvalue weighted by Crippen LogP contribution is 2.35. The van der Waals surface area contributed by atoms with Gasteiger partial charge in [-0.1, -0.05) is 22.0 Å². The molecule has 1 unspecified atom stereocenters. The number of anilines is 1. The molecule has 0 amide bonds. The Morgan fingerprint density at radius 3 is 3.14 bits per heavy atom. The van der Waals surface area contributed by atoms with Crippen molar-refractivity contribution in [2.75, 3.05) is 18.5 Å². The number of hydrogen-bond donors (Lipinski definition) is 2. The number of hydrogen-bond acceptors (Lipinski definition) is 4. The quantitative estimate of drug-likeness (QED) is 0.870. The van der Waals surface area contributed by atoms with E-state index in [1.807, 2.05) is 18.2 Å². The minimum Gasteiger partial charge on any atom is -0.493 e. The fourth-order valence-electron chi connectivity index (χ4n) is 2.60. The fraction of sp³-hybridized carbons (Fsp3) is 0.250. The molecule has 2 aromatic rings. The van der Waals surface area contributed by atoms with Gasteiger partial charge in [0.1, 0.15) is 5.75 Å². The molecular weight excluding hydrogens is 348 g/mol. The minimum absolute atomic E-state index is 0.234. The second-order valence-electron chi connectivity index (χ2n) is 5.12. The van der Waals surface area contributed by atoms with Gasteiger partial charge in [0.15, 0.2) is 0 Å². The number of carboxylic acids is 1. The molecule has 1 aromatic carbocycles. The Morgan fingerprint density at radius 1 is 1.45 bits per heavy atom.